The fraction of sp³-hybridized carbons (Fsp3) is 0.154. The number of anilines is 1. The molecule has 0 bridgehead atoms. The molecular weight excluding hydrogens is 300 g/mol. The van der Waals surface area contributed by atoms with Crippen molar-refractivity contribution in [2.75, 3.05) is 5.32 Å². The third-order valence-corrected chi connectivity index (χ3v) is 3.36. The van der Waals surface area contributed by atoms with Gasteiger partial charge in [-0.2, -0.15) is 0 Å². The number of nitrogens with one attached hydrogen (secondary N) is 1. The van der Waals surface area contributed by atoms with Crippen molar-refractivity contribution in [3.8, 4) is 0 Å². The number of aryl methyl sites for hydroxylation is 1. The number of benzene rings is 1. The van der Waals surface area contributed by atoms with Crippen LogP contribution in [0.3, 0.4) is 0 Å². The Kier molecular flexibility index (Phi) is 4.02. The summed E-state index contributed by atoms with van der Waals surface area (Å²) >= 11 is 9.37. The first-order chi connectivity index (χ1) is 8.15. The number of halogens is 2. The second-order valence-corrected chi connectivity index (χ2v) is 5.06. The molecule has 0 fully saturated rings. The van der Waals surface area contributed by atoms with Crippen LogP contribution in [0.2, 0.25) is 5.15 Å². The third kappa shape index (κ3) is 3.45. The number of hydrogen-bond acceptors (Lipinski definition) is 2. The van der Waals surface area contributed by atoms with Crippen molar-refractivity contribution in [1.29, 1.82) is 0 Å². The smallest absolute Gasteiger partial charge is 0.131 e. The molecule has 1 N–H and O–H groups in total. The van der Waals surface area contributed by atoms with Crippen LogP contribution >= 0.6 is 27.5 Å². The minimum atomic E-state index is 0.498. The van der Waals surface area contributed by atoms with Gasteiger partial charge in [-0.3, -0.25) is 0 Å². The lowest BCUT2D eigenvalue weighted by Gasteiger charge is -2.08. The maximum absolute atomic E-state index is 5.82. The SMILES string of the molecule is Cc1ccc(CNc2ccnc(Cl)c2)c(Br)c1. The largest absolute Gasteiger partial charge is 0.381 e. The summed E-state index contributed by atoms with van der Waals surface area (Å²) in [5, 5.41) is 3.81. The normalized spacial score (nSPS) is 10.3. The van der Waals surface area contributed by atoms with E-state index in [0.29, 0.717) is 5.15 Å². The van der Waals surface area contributed by atoms with Crippen molar-refractivity contribution in [2.24, 2.45) is 0 Å². The minimum Gasteiger partial charge on any atom is -0.381 e. The van der Waals surface area contributed by atoms with Gasteiger partial charge in [0, 0.05) is 22.9 Å². The Hall–Kier alpha value is -1.06. The second-order valence-electron chi connectivity index (χ2n) is 3.82. The van der Waals surface area contributed by atoms with Gasteiger partial charge in [0.2, 0.25) is 0 Å². The van der Waals surface area contributed by atoms with Gasteiger partial charge in [-0.1, -0.05) is 39.7 Å². The summed E-state index contributed by atoms with van der Waals surface area (Å²) in [6, 6.07) is 10.0. The van der Waals surface area contributed by atoms with Crippen molar-refractivity contribution < 1.29 is 0 Å². The molecule has 0 saturated heterocycles. The molecule has 1 aromatic carbocycles. The van der Waals surface area contributed by atoms with Gasteiger partial charge in [0.1, 0.15) is 5.15 Å². The zero-order valence-corrected chi connectivity index (χ0v) is 11.7. The maximum Gasteiger partial charge on any atom is 0.131 e. The van der Waals surface area contributed by atoms with Gasteiger partial charge in [0.15, 0.2) is 0 Å². The van der Waals surface area contributed by atoms with Gasteiger partial charge < -0.3 is 5.32 Å². The lowest BCUT2D eigenvalue weighted by atomic mass is 10.1. The Bertz CT molecular complexity index is 529. The van der Waals surface area contributed by atoms with E-state index < -0.39 is 0 Å². The predicted molar refractivity (Wildman–Crippen MR) is 75.5 cm³/mol. The summed E-state index contributed by atoms with van der Waals surface area (Å²) in [6.45, 7) is 2.83. The van der Waals surface area contributed by atoms with E-state index in [4.69, 9.17) is 11.6 Å². The lowest BCUT2D eigenvalue weighted by Crippen LogP contribution is -2.00. The van der Waals surface area contributed by atoms with E-state index in [0.717, 1.165) is 16.7 Å². The first kappa shape index (κ1) is 12.4. The Morgan fingerprint density at radius 2 is 2.12 bits per heavy atom. The Morgan fingerprint density at radius 1 is 1.29 bits per heavy atom. The van der Waals surface area contributed by atoms with Crippen molar-refractivity contribution in [3.05, 3.63) is 57.3 Å². The number of rotatable bonds is 3. The van der Waals surface area contributed by atoms with Crippen molar-refractivity contribution in [2.45, 2.75) is 13.5 Å². The van der Waals surface area contributed by atoms with Gasteiger partial charge in [-0.25, -0.2) is 4.98 Å². The molecule has 0 aliphatic rings. The van der Waals surface area contributed by atoms with Gasteiger partial charge in [0.25, 0.3) is 0 Å². The Balaban J connectivity index is 2.07. The van der Waals surface area contributed by atoms with Gasteiger partial charge in [0.05, 0.1) is 0 Å². The number of aromatic nitrogens is 1. The molecule has 0 aliphatic carbocycles. The maximum atomic E-state index is 5.82. The van der Waals surface area contributed by atoms with Crippen molar-refractivity contribution >= 4 is 33.2 Å². The topological polar surface area (TPSA) is 24.9 Å². The summed E-state index contributed by atoms with van der Waals surface area (Å²) in [7, 11) is 0. The minimum absolute atomic E-state index is 0.498. The number of pyridine rings is 1. The van der Waals surface area contributed by atoms with Crippen LogP contribution in [0.15, 0.2) is 41.0 Å². The molecule has 0 aliphatic heterocycles. The average molecular weight is 312 g/mol. The Labute approximate surface area is 114 Å². The quantitative estimate of drug-likeness (QED) is 0.849. The molecule has 0 radical (unpaired) electrons. The first-order valence-corrected chi connectivity index (χ1v) is 6.43. The molecule has 17 heavy (non-hydrogen) atoms. The zero-order valence-electron chi connectivity index (χ0n) is 9.37. The van der Waals surface area contributed by atoms with Crippen LogP contribution in [0.25, 0.3) is 0 Å². The molecule has 0 spiro atoms. The highest BCUT2D eigenvalue weighted by Crippen LogP contribution is 2.20. The van der Waals surface area contributed by atoms with Crippen LogP contribution in [0.5, 0.6) is 0 Å². The molecule has 0 unspecified atom stereocenters. The van der Waals surface area contributed by atoms with Crippen LogP contribution in [0.4, 0.5) is 5.69 Å². The van der Waals surface area contributed by atoms with Crippen molar-refractivity contribution in [1.82, 2.24) is 4.98 Å². The van der Waals surface area contributed by atoms with E-state index in [1.165, 1.54) is 11.1 Å². The first-order valence-electron chi connectivity index (χ1n) is 5.25. The molecule has 2 rings (SSSR count). The summed E-state index contributed by atoms with van der Waals surface area (Å²) in [6.07, 6.45) is 1.69. The summed E-state index contributed by atoms with van der Waals surface area (Å²) in [5.74, 6) is 0. The van der Waals surface area contributed by atoms with Crippen LogP contribution in [-0.2, 0) is 6.54 Å². The van der Waals surface area contributed by atoms with Gasteiger partial charge >= 0.3 is 0 Å². The van der Waals surface area contributed by atoms with E-state index in [9.17, 15) is 0 Å². The van der Waals surface area contributed by atoms with Crippen LogP contribution < -0.4 is 5.32 Å². The van der Waals surface area contributed by atoms with Crippen LogP contribution in [-0.4, -0.2) is 4.98 Å². The summed E-state index contributed by atoms with van der Waals surface area (Å²) < 4.78 is 1.12. The summed E-state index contributed by atoms with van der Waals surface area (Å²) in [4.78, 5) is 3.94. The highest BCUT2D eigenvalue weighted by molar-refractivity contribution is 9.10. The van der Waals surface area contributed by atoms with E-state index in [1.807, 2.05) is 12.1 Å². The highest BCUT2D eigenvalue weighted by Gasteiger charge is 2.00. The van der Waals surface area contributed by atoms with E-state index in [1.54, 1.807) is 6.20 Å². The third-order valence-electron chi connectivity index (χ3n) is 2.42. The van der Waals surface area contributed by atoms with Gasteiger partial charge in [-0.15, -0.1) is 0 Å². The zero-order chi connectivity index (χ0) is 12.3. The van der Waals surface area contributed by atoms with E-state index in [-0.39, 0.29) is 0 Å². The molecule has 0 saturated carbocycles. The highest BCUT2D eigenvalue weighted by atomic mass is 79.9. The number of hydrogen-bond donors (Lipinski definition) is 1. The van der Waals surface area contributed by atoms with Gasteiger partial charge in [-0.05, 0) is 36.2 Å². The average Bonchev–Trinajstić information content (AvgIpc) is 2.28. The molecule has 4 heteroatoms. The molecule has 0 amide bonds. The molecule has 1 aromatic heterocycles. The van der Waals surface area contributed by atoms with Crippen LogP contribution in [0, 0.1) is 6.92 Å². The molecule has 2 nitrogen and oxygen atoms in total. The Morgan fingerprint density at radius 3 is 2.82 bits per heavy atom. The van der Waals surface area contributed by atoms with E-state index in [2.05, 4.69) is 51.4 Å². The second kappa shape index (κ2) is 5.52. The van der Waals surface area contributed by atoms with Crippen LogP contribution in [0.1, 0.15) is 11.1 Å². The molecule has 2 aromatic rings. The number of nitrogens with zero attached hydrogens (tertiary/aromatic N) is 1. The fourth-order valence-electron chi connectivity index (χ4n) is 1.51. The molecule has 1 heterocycles. The standard InChI is InChI=1S/C13H12BrClN2/c1-9-2-3-10(12(14)6-9)8-17-11-4-5-16-13(15)7-11/h2-7H,8H2,1H3,(H,16,17). The molecule has 0 atom stereocenters. The lowest BCUT2D eigenvalue weighted by molar-refractivity contribution is 1.13. The van der Waals surface area contributed by atoms with E-state index >= 15 is 0 Å². The van der Waals surface area contributed by atoms with Crippen molar-refractivity contribution in [3.63, 3.8) is 0 Å². The molecular formula is C13H12BrClN2. The molecule has 88 valence electrons. The predicted octanol–water partition coefficient (Wildman–Crippen LogP) is 4.42. The fourth-order valence-corrected chi connectivity index (χ4v) is 2.31. The monoisotopic (exact) mass is 310 g/mol. The summed E-state index contributed by atoms with van der Waals surface area (Å²) in [5.41, 5.74) is 3.42.